The van der Waals surface area contributed by atoms with Crippen LogP contribution in [0.5, 0.6) is 17.2 Å². The third kappa shape index (κ3) is 3.15. The summed E-state index contributed by atoms with van der Waals surface area (Å²) in [6, 6.07) is 11.2. The number of hydrogen-bond acceptors (Lipinski definition) is 4. The van der Waals surface area contributed by atoms with Crippen LogP contribution in [0.2, 0.25) is 0 Å². The predicted molar refractivity (Wildman–Crippen MR) is 79.7 cm³/mol. The number of methoxy groups -OCH3 is 2. The maximum atomic E-state index is 9.81. The van der Waals surface area contributed by atoms with E-state index in [2.05, 4.69) is 5.32 Å². The normalized spacial score (nSPS) is 10.2. The van der Waals surface area contributed by atoms with Crippen molar-refractivity contribution in [3.8, 4) is 17.2 Å². The second kappa shape index (κ2) is 6.19. The van der Waals surface area contributed by atoms with Crippen molar-refractivity contribution in [3.05, 3.63) is 47.5 Å². The summed E-state index contributed by atoms with van der Waals surface area (Å²) < 4.78 is 10.5. The fraction of sp³-hybridized carbons (Fsp3) is 0.250. The monoisotopic (exact) mass is 273 g/mol. The van der Waals surface area contributed by atoms with E-state index in [4.69, 9.17) is 9.47 Å². The van der Waals surface area contributed by atoms with Gasteiger partial charge in [0.2, 0.25) is 0 Å². The van der Waals surface area contributed by atoms with Crippen LogP contribution in [0.1, 0.15) is 11.1 Å². The van der Waals surface area contributed by atoms with Gasteiger partial charge in [-0.15, -0.1) is 0 Å². The second-order valence-electron chi connectivity index (χ2n) is 4.56. The van der Waals surface area contributed by atoms with Gasteiger partial charge in [-0.1, -0.05) is 17.7 Å². The number of benzene rings is 2. The van der Waals surface area contributed by atoms with Gasteiger partial charge in [0.1, 0.15) is 5.75 Å². The molecule has 0 aromatic heterocycles. The van der Waals surface area contributed by atoms with Crippen molar-refractivity contribution in [1.82, 2.24) is 0 Å². The maximum absolute atomic E-state index is 9.81. The van der Waals surface area contributed by atoms with E-state index < -0.39 is 0 Å². The highest BCUT2D eigenvalue weighted by molar-refractivity contribution is 5.55. The summed E-state index contributed by atoms with van der Waals surface area (Å²) in [7, 11) is 3.21. The molecule has 2 aromatic carbocycles. The number of phenols is 1. The molecule has 0 aliphatic carbocycles. The lowest BCUT2D eigenvalue weighted by Crippen LogP contribution is -2.01. The van der Waals surface area contributed by atoms with Crippen LogP contribution in [0.25, 0.3) is 0 Å². The predicted octanol–water partition coefficient (Wildman–Crippen LogP) is 3.33. The summed E-state index contributed by atoms with van der Waals surface area (Å²) in [4.78, 5) is 0. The van der Waals surface area contributed by atoms with Gasteiger partial charge in [0.05, 0.1) is 14.2 Å². The van der Waals surface area contributed by atoms with E-state index >= 15 is 0 Å². The largest absolute Gasteiger partial charge is 0.508 e. The zero-order chi connectivity index (χ0) is 14.5. The summed E-state index contributed by atoms with van der Waals surface area (Å²) in [5, 5.41) is 13.1. The highest BCUT2D eigenvalue weighted by Gasteiger charge is 2.05. The van der Waals surface area contributed by atoms with Gasteiger partial charge in [0.15, 0.2) is 11.5 Å². The Morgan fingerprint density at radius 1 is 1.00 bits per heavy atom. The van der Waals surface area contributed by atoms with Crippen LogP contribution in [0, 0.1) is 6.92 Å². The number of nitrogens with one attached hydrogen (secondary N) is 1. The van der Waals surface area contributed by atoms with Crippen LogP contribution in [0.4, 0.5) is 5.69 Å². The molecule has 20 heavy (non-hydrogen) atoms. The zero-order valence-corrected chi connectivity index (χ0v) is 11.9. The third-order valence-corrected chi connectivity index (χ3v) is 3.10. The molecule has 0 spiro atoms. The van der Waals surface area contributed by atoms with Crippen molar-refractivity contribution >= 4 is 5.69 Å². The molecule has 0 bridgehead atoms. The molecule has 0 atom stereocenters. The van der Waals surface area contributed by atoms with Crippen LogP contribution in [-0.4, -0.2) is 19.3 Å². The van der Waals surface area contributed by atoms with Gasteiger partial charge >= 0.3 is 0 Å². The smallest absolute Gasteiger partial charge is 0.162 e. The number of aryl methyl sites for hydroxylation is 1. The van der Waals surface area contributed by atoms with Crippen molar-refractivity contribution in [2.75, 3.05) is 19.5 Å². The number of ether oxygens (including phenoxy) is 2. The fourth-order valence-corrected chi connectivity index (χ4v) is 2.00. The van der Waals surface area contributed by atoms with E-state index in [1.54, 1.807) is 20.3 Å². The van der Waals surface area contributed by atoms with E-state index in [1.807, 2.05) is 37.3 Å². The number of anilines is 1. The molecule has 106 valence electrons. The summed E-state index contributed by atoms with van der Waals surface area (Å²) in [6.07, 6.45) is 0. The Morgan fingerprint density at radius 3 is 2.45 bits per heavy atom. The molecule has 0 heterocycles. The molecule has 0 saturated carbocycles. The molecule has 0 fully saturated rings. The van der Waals surface area contributed by atoms with E-state index in [0.29, 0.717) is 23.8 Å². The Bertz CT molecular complexity index is 596. The van der Waals surface area contributed by atoms with Crippen LogP contribution in [0.15, 0.2) is 36.4 Å². The molecule has 2 N–H and O–H groups in total. The van der Waals surface area contributed by atoms with Crippen molar-refractivity contribution in [2.24, 2.45) is 0 Å². The highest BCUT2D eigenvalue weighted by Crippen LogP contribution is 2.30. The number of aromatic hydroxyl groups is 1. The van der Waals surface area contributed by atoms with Gasteiger partial charge in [-0.25, -0.2) is 0 Å². The molecule has 4 nitrogen and oxygen atoms in total. The van der Waals surface area contributed by atoms with Gasteiger partial charge in [0, 0.05) is 23.9 Å². The summed E-state index contributed by atoms with van der Waals surface area (Å²) in [5.41, 5.74) is 2.88. The average molecular weight is 273 g/mol. The minimum absolute atomic E-state index is 0.295. The second-order valence-corrected chi connectivity index (χ2v) is 4.56. The van der Waals surface area contributed by atoms with Gasteiger partial charge in [-0.2, -0.15) is 0 Å². The van der Waals surface area contributed by atoms with Gasteiger partial charge in [0.25, 0.3) is 0 Å². The van der Waals surface area contributed by atoms with Gasteiger partial charge in [-0.3, -0.25) is 0 Å². The molecule has 0 unspecified atom stereocenters. The molecule has 0 radical (unpaired) electrons. The Kier molecular flexibility index (Phi) is 4.35. The molecule has 4 heteroatoms. The fourth-order valence-electron chi connectivity index (χ4n) is 2.00. The van der Waals surface area contributed by atoms with E-state index in [-0.39, 0.29) is 0 Å². The SMILES string of the molecule is COc1ccc(NCc2cc(C)ccc2O)cc1OC. The van der Waals surface area contributed by atoms with Crippen molar-refractivity contribution in [2.45, 2.75) is 13.5 Å². The number of phenolic OH excluding ortho intramolecular Hbond substituents is 1. The standard InChI is InChI=1S/C16H19NO3/c1-11-4-6-14(18)12(8-11)10-17-13-5-7-15(19-2)16(9-13)20-3/h4-9,17-18H,10H2,1-3H3. The minimum Gasteiger partial charge on any atom is -0.508 e. The van der Waals surface area contributed by atoms with Gasteiger partial charge < -0.3 is 19.9 Å². The minimum atomic E-state index is 0.295. The lowest BCUT2D eigenvalue weighted by Gasteiger charge is -2.12. The molecular weight excluding hydrogens is 254 g/mol. The first-order valence-corrected chi connectivity index (χ1v) is 6.38. The zero-order valence-electron chi connectivity index (χ0n) is 11.9. The van der Waals surface area contributed by atoms with Crippen molar-refractivity contribution < 1.29 is 14.6 Å². The first-order chi connectivity index (χ1) is 9.63. The first kappa shape index (κ1) is 14.1. The van der Waals surface area contributed by atoms with Crippen LogP contribution < -0.4 is 14.8 Å². The van der Waals surface area contributed by atoms with Gasteiger partial charge in [-0.05, 0) is 25.1 Å². The molecule has 0 aliphatic rings. The number of hydrogen-bond donors (Lipinski definition) is 2. The van der Waals surface area contributed by atoms with Crippen molar-refractivity contribution in [1.29, 1.82) is 0 Å². The third-order valence-electron chi connectivity index (χ3n) is 3.10. The molecule has 2 rings (SSSR count). The van der Waals surface area contributed by atoms with E-state index in [9.17, 15) is 5.11 Å². The molecule has 0 amide bonds. The molecule has 0 saturated heterocycles. The molecule has 2 aromatic rings. The Morgan fingerprint density at radius 2 is 1.75 bits per heavy atom. The first-order valence-electron chi connectivity index (χ1n) is 6.38. The highest BCUT2D eigenvalue weighted by atomic mass is 16.5. The van der Waals surface area contributed by atoms with Crippen LogP contribution in [0.3, 0.4) is 0 Å². The lowest BCUT2D eigenvalue weighted by molar-refractivity contribution is 0.355. The topological polar surface area (TPSA) is 50.7 Å². The van der Waals surface area contributed by atoms with Crippen molar-refractivity contribution in [3.63, 3.8) is 0 Å². The quantitative estimate of drug-likeness (QED) is 0.877. The summed E-state index contributed by atoms with van der Waals surface area (Å²) >= 11 is 0. The van der Waals surface area contributed by atoms with E-state index in [0.717, 1.165) is 16.8 Å². The summed E-state index contributed by atoms with van der Waals surface area (Å²) in [5.74, 6) is 1.66. The number of rotatable bonds is 5. The van der Waals surface area contributed by atoms with Crippen LogP contribution >= 0.6 is 0 Å². The summed E-state index contributed by atoms with van der Waals surface area (Å²) in [6.45, 7) is 2.54. The van der Waals surface area contributed by atoms with E-state index in [1.165, 1.54) is 0 Å². The average Bonchev–Trinajstić information content (AvgIpc) is 2.47. The Hall–Kier alpha value is -2.36. The maximum Gasteiger partial charge on any atom is 0.162 e. The Balaban J connectivity index is 2.12. The lowest BCUT2D eigenvalue weighted by atomic mass is 10.1. The molecular formula is C16H19NO3. The van der Waals surface area contributed by atoms with Crippen LogP contribution in [-0.2, 0) is 6.54 Å². The Labute approximate surface area is 119 Å². The molecule has 0 aliphatic heterocycles.